The van der Waals surface area contributed by atoms with E-state index in [9.17, 15) is 4.79 Å². The SMILES string of the molecule is CCCCOCCN(CCOC)CCC(=O)OC. The summed E-state index contributed by atoms with van der Waals surface area (Å²) in [4.78, 5) is 13.3. The number of hydrogen-bond donors (Lipinski definition) is 0. The van der Waals surface area contributed by atoms with Gasteiger partial charge in [0.2, 0.25) is 0 Å². The van der Waals surface area contributed by atoms with E-state index in [1.54, 1.807) is 7.11 Å². The summed E-state index contributed by atoms with van der Waals surface area (Å²) in [5.74, 6) is -0.177. The van der Waals surface area contributed by atoms with Gasteiger partial charge in [-0.15, -0.1) is 0 Å². The fourth-order valence-corrected chi connectivity index (χ4v) is 1.45. The van der Waals surface area contributed by atoms with Gasteiger partial charge in [-0.25, -0.2) is 0 Å². The number of methoxy groups -OCH3 is 2. The Balaban J connectivity index is 3.72. The lowest BCUT2D eigenvalue weighted by Gasteiger charge is -2.21. The lowest BCUT2D eigenvalue weighted by atomic mass is 10.3. The molecule has 0 aromatic rings. The van der Waals surface area contributed by atoms with Crippen molar-refractivity contribution < 1.29 is 19.0 Å². The minimum Gasteiger partial charge on any atom is -0.469 e. The Bertz CT molecular complexity index is 199. The molecule has 0 atom stereocenters. The average Bonchev–Trinajstić information content (AvgIpc) is 2.40. The molecule has 0 aliphatic heterocycles. The highest BCUT2D eigenvalue weighted by Crippen LogP contribution is 1.95. The van der Waals surface area contributed by atoms with Crippen LogP contribution in [-0.4, -0.2) is 64.5 Å². The summed E-state index contributed by atoms with van der Waals surface area (Å²) in [5.41, 5.74) is 0. The third-order valence-electron chi connectivity index (χ3n) is 2.67. The monoisotopic (exact) mass is 261 g/mol. The Labute approximate surface area is 110 Å². The van der Waals surface area contributed by atoms with Crippen LogP contribution in [0.1, 0.15) is 26.2 Å². The molecule has 0 saturated heterocycles. The molecule has 0 aromatic carbocycles. The van der Waals surface area contributed by atoms with Crippen LogP contribution in [0.5, 0.6) is 0 Å². The Morgan fingerprint density at radius 1 is 1.06 bits per heavy atom. The van der Waals surface area contributed by atoms with E-state index in [4.69, 9.17) is 9.47 Å². The predicted octanol–water partition coefficient (Wildman–Crippen LogP) is 1.31. The molecule has 0 fully saturated rings. The number of esters is 1. The molecule has 0 rings (SSSR count). The van der Waals surface area contributed by atoms with Crippen LogP contribution in [0.3, 0.4) is 0 Å². The van der Waals surface area contributed by atoms with Crippen LogP contribution in [0.4, 0.5) is 0 Å². The molecule has 0 N–H and O–H groups in total. The maximum atomic E-state index is 11.1. The van der Waals surface area contributed by atoms with Crippen molar-refractivity contribution in [1.29, 1.82) is 0 Å². The molecule has 108 valence electrons. The normalized spacial score (nSPS) is 10.9. The maximum Gasteiger partial charge on any atom is 0.306 e. The van der Waals surface area contributed by atoms with Crippen LogP contribution < -0.4 is 0 Å². The summed E-state index contributed by atoms with van der Waals surface area (Å²) in [6, 6.07) is 0. The second kappa shape index (κ2) is 12.8. The van der Waals surface area contributed by atoms with Gasteiger partial charge >= 0.3 is 5.97 Å². The highest BCUT2D eigenvalue weighted by molar-refractivity contribution is 5.69. The second-order valence-electron chi connectivity index (χ2n) is 4.13. The minimum atomic E-state index is -0.177. The topological polar surface area (TPSA) is 48.0 Å². The van der Waals surface area contributed by atoms with E-state index in [0.717, 1.165) is 32.5 Å². The van der Waals surface area contributed by atoms with Gasteiger partial charge in [0.05, 0.1) is 26.7 Å². The first-order valence-corrected chi connectivity index (χ1v) is 6.60. The average molecular weight is 261 g/mol. The van der Waals surface area contributed by atoms with E-state index in [1.165, 1.54) is 7.11 Å². The van der Waals surface area contributed by atoms with Crippen molar-refractivity contribution in [1.82, 2.24) is 4.90 Å². The number of nitrogens with zero attached hydrogens (tertiary/aromatic N) is 1. The Morgan fingerprint density at radius 3 is 2.39 bits per heavy atom. The Hall–Kier alpha value is -0.650. The molecule has 0 unspecified atom stereocenters. The predicted molar refractivity (Wildman–Crippen MR) is 70.7 cm³/mol. The van der Waals surface area contributed by atoms with E-state index in [2.05, 4.69) is 16.6 Å². The van der Waals surface area contributed by atoms with Crippen molar-refractivity contribution in [2.75, 3.05) is 53.7 Å². The van der Waals surface area contributed by atoms with Crippen LogP contribution in [0, 0.1) is 0 Å². The van der Waals surface area contributed by atoms with Crippen molar-refractivity contribution in [3.63, 3.8) is 0 Å². The van der Waals surface area contributed by atoms with Gasteiger partial charge in [0.15, 0.2) is 0 Å². The van der Waals surface area contributed by atoms with Gasteiger partial charge in [-0.05, 0) is 6.42 Å². The molecule has 0 aromatic heterocycles. The first-order valence-electron chi connectivity index (χ1n) is 6.60. The third-order valence-corrected chi connectivity index (χ3v) is 2.67. The van der Waals surface area contributed by atoms with Gasteiger partial charge in [-0.2, -0.15) is 0 Å². The van der Waals surface area contributed by atoms with Gasteiger partial charge in [0.1, 0.15) is 0 Å². The summed E-state index contributed by atoms with van der Waals surface area (Å²) in [6.45, 7) is 6.64. The van der Waals surface area contributed by atoms with Crippen molar-refractivity contribution in [3.8, 4) is 0 Å². The van der Waals surface area contributed by atoms with Crippen LogP contribution in [0.25, 0.3) is 0 Å². The molecule has 0 radical (unpaired) electrons. The highest BCUT2D eigenvalue weighted by atomic mass is 16.5. The van der Waals surface area contributed by atoms with Gasteiger partial charge in [-0.1, -0.05) is 13.3 Å². The van der Waals surface area contributed by atoms with Crippen molar-refractivity contribution in [2.24, 2.45) is 0 Å². The molecule has 0 saturated carbocycles. The van der Waals surface area contributed by atoms with Gasteiger partial charge in [0.25, 0.3) is 0 Å². The zero-order chi connectivity index (χ0) is 13.6. The van der Waals surface area contributed by atoms with Crippen LogP contribution in [0.2, 0.25) is 0 Å². The Kier molecular flexibility index (Phi) is 12.3. The Morgan fingerprint density at radius 2 is 1.78 bits per heavy atom. The molecule has 0 bridgehead atoms. The van der Waals surface area contributed by atoms with Crippen molar-refractivity contribution >= 4 is 5.97 Å². The van der Waals surface area contributed by atoms with Crippen LogP contribution in [0.15, 0.2) is 0 Å². The third kappa shape index (κ3) is 10.5. The highest BCUT2D eigenvalue weighted by Gasteiger charge is 2.08. The summed E-state index contributed by atoms with van der Waals surface area (Å²) in [6.07, 6.45) is 2.66. The first-order chi connectivity index (χ1) is 8.74. The summed E-state index contributed by atoms with van der Waals surface area (Å²) in [7, 11) is 3.09. The molecule has 0 aliphatic rings. The smallest absolute Gasteiger partial charge is 0.306 e. The van der Waals surface area contributed by atoms with E-state index in [0.29, 0.717) is 26.2 Å². The number of hydrogen-bond acceptors (Lipinski definition) is 5. The quantitative estimate of drug-likeness (QED) is 0.391. The lowest BCUT2D eigenvalue weighted by molar-refractivity contribution is -0.141. The van der Waals surface area contributed by atoms with E-state index >= 15 is 0 Å². The minimum absolute atomic E-state index is 0.177. The standard InChI is InChI=1S/C13H27NO4/c1-4-5-10-18-12-9-14(8-11-16-2)7-6-13(15)17-3/h4-12H2,1-3H3. The van der Waals surface area contributed by atoms with Gasteiger partial charge in [0, 0.05) is 33.4 Å². The van der Waals surface area contributed by atoms with E-state index < -0.39 is 0 Å². The van der Waals surface area contributed by atoms with Gasteiger partial charge < -0.3 is 14.2 Å². The lowest BCUT2D eigenvalue weighted by Crippen LogP contribution is -2.33. The maximum absolute atomic E-state index is 11.1. The molecular formula is C13H27NO4. The number of unbranched alkanes of at least 4 members (excludes halogenated alkanes) is 1. The fourth-order valence-electron chi connectivity index (χ4n) is 1.45. The van der Waals surface area contributed by atoms with Crippen LogP contribution >= 0.6 is 0 Å². The number of carbonyl (C=O) groups is 1. The molecule has 0 spiro atoms. The largest absolute Gasteiger partial charge is 0.469 e. The zero-order valence-electron chi connectivity index (χ0n) is 11.9. The molecule has 5 heteroatoms. The zero-order valence-corrected chi connectivity index (χ0v) is 11.9. The van der Waals surface area contributed by atoms with E-state index in [-0.39, 0.29) is 5.97 Å². The van der Waals surface area contributed by atoms with Crippen LogP contribution in [-0.2, 0) is 19.0 Å². The molecule has 5 nitrogen and oxygen atoms in total. The number of ether oxygens (including phenoxy) is 3. The van der Waals surface area contributed by atoms with Crippen molar-refractivity contribution in [3.05, 3.63) is 0 Å². The molecule has 0 heterocycles. The molecule has 0 aliphatic carbocycles. The van der Waals surface area contributed by atoms with Crippen molar-refractivity contribution in [2.45, 2.75) is 26.2 Å². The van der Waals surface area contributed by atoms with E-state index in [1.807, 2.05) is 0 Å². The summed E-state index contributed by atoms with van der Waals surface area (Å²) >= 11 is 0. The number of carbonyl (C=O) groups excluding carboxylic acids is 1. The molecular weight excluding hydrogens is 234 g/mol. The van der Waals surface area contributed by atoms with Gasteiger partial charge in [-0.3, -0.25) is 9.69 Å². The summed E-state index contributed by atoms with van der Waals surface area (Å²) in [5, 5.41) is 0. The fraction of sp³-hybridized carbons (Fsp3) is 0.923. The number of rotatable bonds is 12. The molecule has 18 heavy (non-hydrogen) atoms. The second-order valence-corrected chi connectivity index (χ2v) is 4.13. The molecule has 0 amide bonds. The summed E-state index contributed by atoms with van der Waals surface area (Å²) < 4.78 is 15.2. The first kappa shape index (κ1) is 17.4.